The van der Waals surface area contributed by atoms with Gasteiger partial charge in [-0.15, -0.1) is 0 Å². The van der Waals surface area contributed by atoms with E-state index in [1.54, 1.807) is 0 Å². The van der Waals surface area contributed by atoms with Crippen molar-refractivity contribution in [1.29, 1.82) is 0 Å². The van der Waals surface area contributed by atoms with Crippen molar-refractivity contribution < 1.29 is 14.3 Å². The van der Waals surface area contributed by atoms with Crippen LogP contribution in [0.5, 0.6) is 11.5 Å². The lowest BCUT2D eigenvalue weighted by Gasteiger charge is -2.17. The average Bonchev–Trinajstić information content (AvgIpc) is 2.65. The molecule has 0 saturated carbocycles. The highest BCUT2D eigenvalue weighted by molar-refractivity contribution is 5.81. The van der Waals surface area contributed by atoms with Crippen LogP contribution in [0.25, 0.3) is 0 Å². The van der Waals surface area contributed by atoms with E-state index in [-0.39, 0.29) is 12.0 Å². The number of carbonyl (C=O) groups excluding carboxylic acids is 1. The summed E-state index contributed by atoms with van der Waals surface area (Å²) in [5, 5.41) is 2.95. The highest BCUT2D eigenvalue weighted by Crippen LogP contribution is 2.16. The Kier molecular flexibility index (Phi) is 7.52. The second-order valence-corrected chi connectivity index (χ2v) is 6.54. The van der Waals surface area contributed by atoms with Gasteiger partial charge in [0.2, 0.25) is 0 Å². The van der Waals surface area contributed by atoms with Gasteiger partial charge in [0.15, 0.2) is 6.10 Å². The molecule has 4 heteroatoms. The number of rotatable bonds is 9. The SMILES string of the molecule is CCc1ccc(O[C@H](CC)C(=O)NCc2ccc(OC(C)C)cc2)cc1. The minimum Gasteiger partial charge on any atom is -0.491 e. The summed E-state index contributed by atoms with van der Waals surface area (Å²) in [7, 11) is 0. The molecule has 0 unspecified atom stereocenters. The Hall–Kier alpha value is -2.49. The Morgan fingerprint density at radius 3 is 1.92 bits per heavy atom. The summed E-state index contributed by atoms with van der Waals surface area (Å²) in [4.78, 5) is 12.4. The molecule has 0 spiro atoms. The summed E-state index contributed by atoms with van der Waals surface area (Å²) in [6.07, 6.45) is 1.25. The zero-order valence-corrected chi connectivity index (χ0v) is 16.1. The molecule has 2 aromatic carbocycles. The van der Waals surface area contributed by atoms with E-state index in [0.717, 1.165) is 23.5 Å². The van der Waals surface area contributed by atoms with Gasteiger partial charge >= 0.3 is 0 Å². The Morgan fingerprint density at radius 2 is 1.42 bits per heavy atom. The Bertz CT molecular complexity index is 678. The van der Waals surface area contributed by atoms with Gasteiger partial charge in [-0.2, -0.15) is 0 Å². The van der Waals surface area contributed by atoms with Gasteiger partial charge in [-0.05, 0) is 62.1 Å². The maximum Gasteiger partial charge on any atom is 0.261 e. The molecular formula is C22H29NO3. The minimum atomic E-state index is -0.494. The van der Waals surface area contributed by atoms with Gasteiger partial charge in [-0.3, -0.25) is 4.79 Å². The van der Waals surface area contributed by atoms with E-state index in [9.17, 15) is 4.79 Å². The van der Waals surface area contributed by atoms with E-state index >= 15 is 0 Å². The zero-order valence-electron chi connectivity index (χ0n) is 16.1. The third-order valence-corrected chi connectivity index (χ3v) is 4.04. The standard InChI is InChI=1S/C22H29NO3/c1-5-17-7-11-20(12-8-17)26-21(6-2)22(24)23-15-18-9-13-19(14-10-18)25-16(3)4/h7-14,16,21H,5-6,15H2,1-4H3,(H,23,24)/t21-/m1/s1. The number of hydrogen-bond acceptors (Lipinski definition) is 3. The first-order valence-electron chi connectivity index (χ1n) is 9.30. The molecule has 1 atom stereocenters. The number of nitrogens with one attached hydrogen (secondary N) is 1. The Labute approximate surface area is 156 Å². The molecule has 1 amide bonds. The van der Waals surface area contributed by atoms with Crippen LogP contribution in [0.2, 0.25) is 0 Å². The van der Waals surface area contributed by atoms with Gasteiger partial charge in [0.05, 0.1) is 6.10 Å². The molecule has 0 heterocycles. The zero-order chi connectivity index (χ0) is 18.9. The average molecular weight is 355 g/mol. The quantitative estimate of drug-likeness (QED) is 0.720. The van der Waals surface area contributed by atoms with Crippen LogP contribution in [0.3, 0.4) is 0 Å². The first-order chi connectivity index (χ1) is 12.5. The number of benzene rings is 2. The number of carbonyl (C=O) groups is 1. The molecule has 2 aromatic rings. The van der Waals surface area contributed by atoms with Crippen LogP contribution in [-0.4, -0.2) is 18.1 Å². The lowest BCUT2D eigenvalue weighted by molar-refractivity contribution is -0.128. The van der Waals surface area contributed by atoms with Crippen LogP contribution < -0.4 is 14.8 Å². The van der Waals surface area contributed by atoms with Crippen molar-refractivity contribution >= 4 is 5.91 Å². The van der Waals surface area contributed by atoms with E-state index in [1.165, 1.54) is 5.56 Å². The van der Waals surface area contributed by atoms with Crippen molar-refractivity contribution in [3.8, 4) is 11.5 Å². The van der Waals surface area contributed by atoms with E-state index in [0.29, 0.717) is 13.0 Å². The molecule has 1 N–H and O–H groups in total. The minimum absolute atomic E-state index is 0.102. The van der Waals surface area contributed by atoms with Gasteiger partial charge in [0, 0.05) is 6.54 Å². The predicted molar refractivity (Wildman–Crippen MR) is 105 cm³/mol. The highest BCUT2D eigenvalue weighted by Gasteiger charge is 2.18. The van der Waals surface area contributed by atoms with Crippen LogP contribution in [0.4, 0.5) is 0 Å². The molecule has 0 bridgehead atoms. The fourth-order valence-corrected chi connectivity index (χ4v) is 2.55. The van der Waals surface area contributed by atoms with Crippen molar-refractivity contribution in [2.75, 3.05) is 0 Å². The van der Waals surface area contributed by atoms with Crippen molar-refractivity contribution in [1.82, 2.24) is 5.32 Å². The van der Waals surface area contributed by atoms with E-state index < -0.39 is 6.10 Å². The van der Waals surface area contributed by atoms with Crippen LogP contribution >= 0.6 is 0 Å². The Balaban J connectivity index is 1.87. The van der Waals surface area contributed by atoms with Gasteiger partial charge in [0.25, 0.3) is 5.91 Å². The first-order valence-corrected chi connectivity index (χ1v) is 9.30. The third-order valence-electron chi connectivity index (χ3n) is 4.04. The van der Waals surface area contributed by atoms with Crippen LogP contribution in [0.15, 0.2) is 48.5 Å². The molecule has 0 aliphatic rings. The van der Waals surface area contributed by atoms with Crippen molar-refractivity contribution in [3.63, 3.8) is 0 Å². The number of amides is 1. The summed E-state index contributed by atoms with van der Waals surface area (Å²) in [6, 6.07) is 15.7. The van der Waals surface area contributed by atoms with Gasteiger partial charge in [-0.1, -0.05) is 38.1 Å². The molecular weight excluding hydrogens is 326 g/mol. The second kappa shape index (κ2) is 9.85. The summed E-state index contributed by atoms with van der Waals surface area (Å²) < 4.78 is 11.5. The van der Waals surface area contributed by atoms with Gasteiger partial charge in [0.1, 0.15) is 11.5 Å². The Morgan fingerprint density at radius 1 is 0.885 bits per heavy atom. The van der Waals surface area contributed by atoms with Crippen molar-refractivity contribution in [2.45, 2.75) is 59.3 Å². The van der Waals surface area contributed by atoms with E-state index in [1.807, 2.05) is 69.3 Å². The van der Waals surface area contributed by atoms with Crippen LogP contribution in [0.1, 0.15) is 45.2 Å². The lowest BCUT2D eigenvalue weighted by atomic mass is 10.1. The molecule has 2 rings (SSSR count). The van der Waals surface area contributed by atoms with Gasteiger partial charge < -0.3 is 14.8 Å². The molecule has 0 aliphatic heterocycles. The van der Waals surface area contributed by atoms with Crippen LogP contribution in [0, 0.1) is 0 Å². The largest absolute Gasteiger partial charge is 0.491 e. The summed E-state index contributed by atoms with van der Waals surface area (Å²) >= 11 is 0. The van der Waals surface area contributed by atoms with Crippen molar-refractivity contribution in [2.24, 2.45) is 0 Å². The number of hydrogen-bond donors (Lipinski definition) is 1. The smallest absolute Gasteiger partial charge is 0.261 e. The summed E-state index contributed by atoms with van der Waals surface area (Å²) in [5.74, 6) is 1.45. The third kappa shape index (κ3) is 6.10. The molecule has 0 saturated heterocycles. The summed E-state index contributed by atoms with van der Waals surface area (Å²) in [6.45, 7) is 8.52. The van der Waals surface area contributed by atoms with Crippen LogP contribution in [-0.2, 0) is 17.8 Å². The fraction of sp³-hybridized carbons (Fsp3) is 0.409. The molecule has 4 nitrogen and oxygen atoms in total. The molecule has 0 fully saturated rings. The number of ether oxygens (including phenoxy) is 2. The molecule has 0 aromatic heterocycles. The molecule has 140 valence electrons. The van der Waals surface area contributed by atoms with Crippen molar-refractivity contribution in [3.05, 3.63) is 59.7 Å². The molecule has 0 aliphatic carbocycles. The predicted octanol–water partition coefficient (Wildman–Crippen LogP) is 4.51. The normalized spacial score (nSPS) is 11.9. The molecule has 0 radical (unpaired) electrons. The topological polar surface area (TPSA) is 47.6 Å². The summed E-state index contributed by atoms with van der Waals surface area (Å²) in [5.41, 5.74) is 2.27. The second-order valence-electron chi connectivity index (χ2n) is 6.54. The monoisotopic (exact) mass is 355 g/mol. The maximum absolute atomic E-state index is 12.4. The maximum atomic E-state index is 12.4. The fourth-order valence-electron chi connectivity index (χ4n) is 2.55. The molecule has 26 heavy (non-hydrogen) atoms. The number of aryl methyl sites for hydroxylation is 1. The first kappa shape index (κ1) is 19.8. The van der Waals surface area contributed by atoms with E-state index in [2.05, 4.69) is 12.2 Å². The highest BCUT2D eigenvalue weighted by atomic mass is 16.5. The van der Waals surface area contributed by atoms with E-state index in [4.69, 9.17) is 9.47 Å². The van der Waals surface area contributed by atoms with Gasteiger partial charge in [-0.25, -0.2) is 0 Å². The lowest BCUT2D eigenvalue weighted by Crippen LogP contribution is -2.37.